The normalized spacial score (nSPS) is 18.5. The average molecular weight is 253 g/mol. The van der Waals surface area contributed by atoms with Gasteiger partial charge in [-0.2, -0.15) is 0 Å². The van der Waals surface area contributed by atoms with Crippen LogP contribution < -0.4 is 10.6 Å². The van der Waals surface area contributed by atoms with E-state index < -0.39 is 0 Å². The lowest BCUT2D eigenvalue weighted by Gasteiger charge is -2.43. The van der Waals surface area contributed by atoms with Crippen LogP contribution in [0.5, 0.6) is 0 Å². The van der Waals surface area contributed by atoms with Gasteiger partial charge in [0.25, 0.3) is 0 Å². The summed E-state index contributed by atoms with van der Waals surface area (Å²) >= 11 is 1.72. The zero-order valence-corrected chi connectivity index (χ0v) is 12.0. The fourth-order valence-corrected chi connectivity index (χ4v) is 3.32. The number of thiazole rings is 1. The maximum atomic E-state index is 4.74. The van der Waals surface area contributed by atoms with E-state index in [2.05, 4.69) is 43.7 Å². The lowest BCUT2D eigenvalue weighted by molar-refractivity contribution is 0.166. The summed E-state index contributed by atoms with van der Waals surface area (Å²) in [6.45, 7) is 8.71. The van der Waals surface area contributed by atoms with Gasteiger partial charge in [-0.15, -0.1) is 11.3 Å². The number of rotatable bonds is 5. The Morgan fingerprint density at radius 3 is 2.41 bits per heavy atom. The van der Waals surface area contributed by atoms with Crippen molar-refractivity contribution in [1.82, 2.24) is 10.3 Å². The summed E-state index contributed by atoms with van der Waals surface area (Å²) in [5.74, 6) is 0. The monoisotopic (exact) mass is 253 g/mol. The molecule has 0 aliphatic heterocycles. The van der Waals surface area contributed by atoms with Crippen molar-refractivity contribution in [2.75, 3.05) is 5.32 Å². The molecule has 1 fully saturated rings. The van der Waals surface area contributed by atoms with Gasteiger partial charge in [0.05, 0.1) is 11.2 Å². The highest BCUT2D eigenvalue weighted by molar-refractivity contribution is 7.13. The van der Waals surface area contributed by atoms with E-state index in [0.717, 1.165) is 5.13 Å². The van der Waals surface area contributed by atoms with Crippen LogP contribution in [-0.4, -0.2) is 17.1 Å². The Balaban J connectivity index is 2.12. The van der Waals surface area contributed by atoms with Crippen molar-refractivity contribution >= 4 is 16.5 Å². The van der Waals surface area contributed by atoms with Crippen molar-refractivity contribution < 1.29 is 0 Å². The number of hydrogen-bond acceptors (Lipinski definition) is 4. The van der Waals surface area contributed by atoms with Crippen molar-refractivity contribution in [3.8, 4) is 0 Å². The molecule has 1 aromatic rings. The summed E-state index contributed by atoms with van der Waals surface area (Å²) in [4.78, 5) is 4.74. The number of aromatic nitrogens is 1. The minimum atomic E-state index is 0.154. The predicted octanol–water partition coefficient (Wildman–Crippen LogP) is 3.34. The minimum Gasteiger partial charge on any atom is -0.359 e. The standard InChI is InChI=1S/C13H23N3S/c1-9(2)14-12-15-11(8-17-12)13(6-5-7-13)16-10(3)4/h8-10,16H,5-7H2,1-4H3,(H,14,15). The molecule has 1 saturated carbocycles. The molecule has 1 aliphatic rings. The zero-order valence-electron chi connectivity index (χ0n) is 11.2. The van der Waals surface area contributed by atoms with Crippen LogP contribution in [0.4, 0.5) is 5.13 Å². The predicted molar refractivity (Wildman–Crippen MR) is 74.7 cm³/mol. The molecule has 17 heavy (non-hydrogen) atoms. The fraction of sp³-hybridized carbons (Fsp3) is 0.769. The van der Waals surface area contributed by atoms with Gasteiger partial charge in [0, 0.05) is 17.5 Å². The van der Waals surface area contributed by atoms with Crippen LogP contribution >= 0.6 is 11.3 Å². The molecule has 96 valence electrons. The zero-order chi connectivity index (χ0) is 12.5. The van der Waals surface area contributed by atoms with Crippen molar-refractivity contribution in [3.63, 3.8) is 0 Å². The third kappa shape index (κ3) is 2.80. The third-order valence-corrected chi connectivity index (χ3v) is 3.95. The topological polar surface area (TPSA) is 37.0 Å². The van der Waals surface area contributed by atoms with Gasteiger partial charge in [0.1, 0.15) is 0 Å². The van der Waals surface area contributed by atoms with Gasteiger partial charge in [0.2, 0.25) is 0 Å². The molecule has 1 aliphatic carbocycles. The Morgan fingerprint density at radius 2 is 1.94 bits per heavy atom. The smallest absolute Gasteiger partial charge is 0.183 e. The molecule has 4 heteroatoms. The number of hydrogen-bond donors (Lipinski definition) is 2. The summed E-state index contributed by atoms with van der Waals surface area (Å²) in [6, 6.07) is 0.961. The molecule has 0 atom stereocenters. The molecule has 0 bridgehead atoms. The Labute approximate surface area is 108 Å². The molecule has 0 unspecified atom stereocenters. The van der Waals surface area contributed by atoms with Crippen LogP contribution in [0.1, 0.15) is 52.7 Å². The van der Waals surface area contributed by atoms with E-state index in [9.17, 15) is 0 Å². The van der Waals surface area contributed by atoms with Crippen molar-refractivity contribution in [1.29, 1.82) is 0 Å². The SMILES string of the molecule is CC(C)Nc1nc(C2(NC(C)C)CCC2)cs1. The van der Waals surface area contributed by atoms with Crippen LogP contribution in [0, 0.1) is 0 Å². The van der Waals surface area contributed by atoms with Gasteiger partial charge in [-0.3, -0.25) is 0 Å². The van der Waals surface area contributed by atoms with E-state index in [-0.39, 0.29) is 5.54 Å². The molecule has 2 rings (SSSR count). The van der Waals surface area contributed by atoms with E-state index in [1.165, 1.54) is 25.0 Å². The molecular formula is C13H23N3S. The largest absolute Gasteiger partial charge is 0.359 e. The highest BCUT2D eigenvalue weighted by Crippen LogP contribution is 2.42. The van der Waals surface area contributed by atoms with Crippen LogP contribution in [0.3, 0.4) is 0 Å². The van der Waals surface area contributed by atoms with Crippen LogP contribution in [0.2, 0.25) is 0 Å². The maximum Gasteiger partial charge on any atom is 0.183 e. The Morgan fingerprint density at radius 1 is 1.24 bits per heavy atom. The van der Waals surface area contributed by atoms with Crippen molar-refractivity contribution in [2.24, 2.45) is 0 Å². The minimum absolute atomic E-state index is 0.154. The second-order valence-electron chi connectivity index (χ2n) is 5.57. The van der Waals surface area contributed by atoms with Gasteiger partial charge >= 0.3 is 0 Å². The first kappa shape index (κ1) is 12.8. The van der Waals surface area contributed by atoms with E-state index in [1.807, 2.05) is 0 Å². The third-order valence-electron chi connectivity index (χ3n) is 3.18. The van der Waals surface area contributed by atoms with Gasteiger partial charge in [-0.25, -0.2) is 4.98 Å². The number of nitrogens with one attached hydrogen (secondary N) is 2. The molecule has 0 aromatic carbocycles. The second kappa shape index (κ2) is 4.94. The lowest BCUT2D eigenvalue weighted by atomic mass is 9.74. The van der Waals surface area contributed by atoms with Crippen molar-refractivity contribution in [3.05, 3.63) is 11.1 Å². The Hall–Kier alpha value is -0.610. The second-order valence-corrected chi connectivity index (χ2v) is 6.43. The molecule has 2 N–H and O–H groups in total. The first-order valence-electron chi connectivity index (χ1n) is 6.52. The van der Waals surface area contributed by atoms with Crippen LogP contribution in [-0.2, 0) is 5.54 Å². The first-order valence-corrected chi connectivity index (χ1v) is 7.40. The molecule has 0 radical (unpaired) electrons. The Bertz CT molecular complexity index is 366. The van der Waals surface area contributed by atoms with E-state index >= 15 is 0 Å². The van der Waals surface area contributed by atoms with Crippen LogP contribution in [0.25, 0.3) is 0 Å². The molecule has 0 amide bonds. The molecular weight excluding hydrogens is 230 g/mol. The van der Waals surface area contributed by atoms with Gasteiger partial charge < -0.3 is 10.6 Å². The van der Waals surface area contributed by atoms with E-state index in [4.69, 9.17) is 4.98 Å². The highest BCUT2D eigenvalue weighted by atomic mass is 32.1. The summed E-state index contributed by atoms with van der Waals surface area (Å²) in [7, 11) is 0. The van der Waals surface area contributed by atoms with E-state index in [1.54, 1.807) is 11.3 Å². The van der Waals surface area contributed by atoms with Gasteiger partial charge in [-0.05, 0) is 47.0 Å². The molecule has 1 aromatic heterocycles. The lowest BCUT2D eigenvalue weighted by Crippen LogP contribution is -2.51. The number of nitrogens with zero attached hydrogens (tertiary/aromatic N) is 1. The van der Waals surface area contributed by atoms with Gasteiger partial charge in [-0.1, -0.05) is 0 Å². The molecule has 3 nitrogen and oxygen atoms in total. The summed E-state index contributed by atoms with van der Waals surface area (Å²) < 4.78 is 0. The summed E-state index contributed by atoms with van der Waals surface area (Å²) in [5, 5.41) is 10.3. The Kier molecular flexibility index (Phi) is 3.73. The average Bonchev–Trinajstić information content (AvgIpc) is 2.58. The summed E-state index contributed by atoms with van der Waals surface area (Å²) in [6.07, 6.45) is 3.75. The molecule has 0 spiro atoms. The van der Waals surface area contributed by atoms with Gasteiger partial charge in [0.15, 0.2) is 5.13 Å². The molecule has 0 saturated heterocycles. The highest BCUT2D eigenvalue weighted by Gasteiger charge is 2.40. The first-order chi connectivity index (χ1) is 8.02. The summed E-state index contributed by atoms with van der Waals surface area (Å²) in [5.41, 5.74) is 1.38. The maximum absolute atomic E-state index is 4.74. The van der Waals surface area contributed by atoms with Crippen LogP contribution in [0.15, 0.2) is 5.38 Å². The van der Waals surface area contributed by atoms with Crippen molar-refractivity contribution in [2.45, 2.75) is 64.6 Å². The number of anilines is 1. The molecule has 1 heterocycles. The quantitative estimate of drug-likeness (QED) is 0.845. The fourth-order valence-electron chi connectivity index (χ4n) is 2.36. The van der Waals surface area contributed by atoms with E-state index in [0.29, 0.717) is 12.1 Å².